The van der Waals surface area contributed by atoms with Crippen LogP contribution in [-0.4, -0.2) is 63.2 Å². The largest absolute Gasteiger partial charge is 0.393 e. The monoisotopic (exact) mass is 402 g/mol. The lowest BCUT2D eigenvalue weighted by Crippen LogP contribution is -2.39. The number of carbonyl (C=O) groups excluding carboxylic acids is 1. The van der Waals surface area contributed by atoms with Crippen LogP contribution >= 0.6 is 0 Å². The number of hydrogen-bond acceptors (Lipinski definition) is 7. The van der Waals surface area contributed by atoms with E-state index >= 15 is 0 Å². The Morgan fingerprint density at radius 2 is 1.79 bits per heavy atom. The molecule has 0 unspecified atom stereocenters. The summed E-state index contributed by atoms with van der Waals surface area (Å²) in [6, 6.07) is 1.18. The van der Waals surface area contributed by atoms with Crippen molar-refractivity contribution in [2.75, 3.05) is 23.7 Å². The molecule has 0 aromatic carbocycles. The van der Waals surface area contributed by atoms with Crippen LogP contribution in [0.15, 0.2) is 6.20 Å². The topological polar surface area (TPSA) is 116 Å². The van der Waals surface area contributed by atoms with Gasteiger partial charge in [0.05, 0.1) is 11.7 Å². The summed E-state index contributed by atoms with van der Waals surface area (Å²) in [5.74, 6) is 0.472. The molecule has 2 atom stereocenters. The van der Waals surface area contributed by atoms with E-state index < -0.39 is 5.91 Å². The first-order chi connectivity index (χ1) is 14.1. The summed E-state index contributed by atoms with van der Waals surface area (Å²) in [4.78, 5) is 23.4. The molecular formula is C21H34N6O2. The average molecular weight is 403 g/mol. The zero-order valence-electron chi connectivity index (χ0n) is 17.1. The number of rotatable bonds is 6. The molecule has 3 aliphatic rings. The predicted octanol–water partition coefficient (Wildman–Crippen LogP) is 2.11. The first-order valence-corrected chi connectivity index (χ1v) is 11.2. The van der Waals surface area contributed by atoms with Crippen LogP contribution in [-0.2, 0) is 0 Å². The maximum atomic E-state index is 11.8. The van der Waals surface area contributed by atoms with Crippen LogP contribution in [0.3, 0.4) is 0 Å². The number of amides is 1. The molecule has 2 aliphatic carbocycles. The number of nitrogens with zero attached hydrogens (tertiary/aromatic N) is 3. The molecule has 8 heteroatoms. The zero-order chi connectivity index (χ0) is 20.2. The number of likely N-dealkylation sites (tertiary alicyclic amines) is 1. The summed E-state index contributed by atoms with van der Waals surface area (Å²) in [7, 11) is 0. The summed E-state index contributed by atoms with van der Waals surface area (Å²) in [5, 5.41) is 16.7. The van der Waals surface area contributed by atoms with Crippen LogP contribution in [0, 0.1) is 0 Å². The number of nitrogens with one attached hydrogen (secondary N) is 2. The van der Waals surface area contributed by atoms with Gasteiger partial charge in [-0.15, -0.1) is 0 Å². The summed E-state index contributed by atoms with van der Waals surface area (Å²) in [6.45, 7) is 2.51. The van der Waals surface area contributed by atoms with Gasteiger partial charge < -0.3 is 26.4 Å². The fourth-order valence-electron chi connectivity index (χ4n) is 5.10. The van der Waals surface area contributed by atoms with E-state index in [1.807, 2.05) is 0 Å². The molecule has 0 radical (unpaired) electrons. The molecule has 1 saturated heterocycles. The van der Waals surface area contributed by atoms with Crippen molar-refractivity contribution in [3.05, 3.63) is 11.8 Å². The van der Waals surface area contributed by atoms with Crippen molar-refractivity contribution in [2.45, 2.75) is 88.4 Å². The van der Waals surface area contributed by atoms with Gasteiger partial charge in [-0.05, 0) is 77.3 Å². The van der Waals surface area contributed by atoms with E-state index in [-0.39, 0.29) is 12.1 Å². The number of aromatic nitrogens is 2. The molecule has 3 fully saturated rings. The first kappa shape index (κ1) is 20.3. The Labute approximate surface area is 172 Å². The van der Waals surface area contributed by atoms with Crippen molar-refractivity contribution in [1.29, 1.82) is 0 Å². The van der Waals surface area contributed by atoms with E-state index in [9.17, 15) is 9.90 Å². The SMILES string of the molecule is NC(=O)c1cnc(N[C@H]2CC[C@H](N3CCCC3)CC2)nc1N[C@@H]1CCC[C@H](O)C1. The Morgan fingerprint density at radius 3 is 2.48 bits per heavy atom. The second-order valence-electron chi connectivity index (χ2n) is 8.87. The second kappa shape index (κ2) is 9.26. The number of primary amides is 1. The van der Waals surface area contributed by atoms with Gasteiger partial charge in [-0.2, -0.15) is 4.98 Å². The minimum Gasteiger partial charge on any atom is -0.393 e. The molecule has 2 heterocycles. The van der Waals surface area contributed by atoms with Gasteiger partial charge in [-0.3, -0.25) is 4.79 Å². The highest BCUT2D eigenvalue weighted by atomic mass is 16.3. The van der Waals surface area contributed by atoms with Crippen molar-refractivity contribution >= 4 is 17.7 Å². The highest BCUT2D eigenvalue weighted by Crippen LogP contribution is 2.28. The average Bonchev–Trinajstić information content (AvgIpc) is 3.23. The molecular weight excluding hydrogens is 368 g/mol. The third-order valence-corrected chi connectivity index (χ3v) is 6.73. The summed E-state index contributed by atoms with van der Waals surface area (Å²) < 4.78 is 0. The van der Waals surface area contributed by atoms with Crippen molar-refractivity contribution in [1.82, 2.24) is 14.9 Å². The number of carbonyl (C=O) groups is 1. The van der Waals surface area contributed by atoms with Crippen molar-refractivity contribution in [3.8, 4) is 0 Å². The van der Waals surface area contributed by atoms with Crippen molar-refractivity contribution in [3.63, 3.8) is 0 Å². The lowest BCUT2D eigenvalue weighted by Gasteiger charge is -2.34. The van der Waals surface area contributed by atoms with Crippen LogP contribution in [0.5, 0.6) is 0 Å². The molecule has 1 aromatic heterocycles. The molecule has 4 rings (SSSR count). The smallest absolute Gasteiger partial charge is 0.254 e. The van der Waals surface area contributed by atoms with E-state index in [0.29, 0.717) is 29.8 Å². The zero-order valence-corrected chi connectivity index (χ0v) is 17.1. The van der Waals surface area contributed by atoms with E-state index in [1.54, 1.807) is 0 Å². The van der Waals surface area contributed by atoms with Gasteiger partial charge in [0.2, 0.25) is 5.95 Å². The maximum Gasteiger partial charge on any atom is 0.254 e. The fraction of sp³-hybridized carbons (Fsp3) is 0.762. The van der Waals surface area contributed by atoms with Crippen LogP contribution in [0.2, 0.25) is 0 Å². The number of aliphatic hydroxyl groups excluding tert-OH is 1. The normalized spacial score (nSPS) is 30.8. The number of nitrogens with two attached hydrogens (primary N) is 1. The molecule has 1 aromatic rings. The Hall–Kier alpha value is -1.93. The van der Waals surface area contributed by atoms with Gasteiger partial charge in [0.15, 0.2) is 0 Å². The van der Waals surface area contributed by atoms with Gasteiger partial charge in [-0.1, -0.05) is 0 Å². The summed E-state index contributed by atoms with van der Waals surface area (Å²) in [5.41, 5.74) is 5.82. The molecule has 1 amide bonds. The second-order valence-corrected chi connectivity index (χ2v) is 8.87. The highest BCUT2D eigenvalue weighted by Gasteiger charge is 2.28. The van der Waals surface area contributed by atoms with Gasteiger partial charge >= 0.3 is 0 Å². The lowest BCUT2D eigenvalue weighted by molar-refractivity contribution is 0.100. The highest BCUT2D eigenvalue weighted by molar-refractivity contribution is 5.97. The van der Waals surface area contributed by atoms with Crippen LogP contribution in [0.25, 0.3) is 0 Å². The van der Waals surface area contributed by atoms with Gasteiger partial charge in [0, 0.05) is 24.3 Å². The first-order valence-electron chi connectivity index (χ1n) is 11.2. The Balaban J connectivity index is 1.38. The minimum atomic E-state index is -0.540. The Bertz CT molecular complexity index is 700. The van der Waals surface area contributed by atoms with Crippen LogP contribution in [0.4, 0.5) is 11.8 Å². The van der Waals surface area contributed by atoms with Crippen molar-refractivity contribution < 1.29 is 9.90 Å². The fourth-order valence-corrected chi connectivity index (χ4v) is 5.10. The number of aliphatic hydroxyl groups is 1. The number of hydrogen-bond donors (Lipinski definition) is 4. The molecule has 2 saturated carbocycles. The van der Waals surface area contributed by atoms with Crippen LogP contribution < -0.4 is 16.4 Å². The Kier molecular flexibility index (Phi) is 6.50. The molecule has 0 spiro atoms. The number of anilines is 2. The quantitative estimate of drug-likeness (QED) is 0.576. The third kappa shape index (κ3) is 5.17. The minimum absolute atomic E-state index is 0.0931. The maximum absolute atomic E-state index is 11.8. The summed E-state index contributed by atoms with van der Waals surface area (Å²) >= 11 is 0. The molecule has 5 N–H and O–H groups in total. The van der Waals surface area contributed by atoms with E-state index in [2.05, 4.69) is 25.5 Å². The third-order valence-electron chi connectivity index (χ3n) is 6.73. The molecule has 0 bridgehead atoms. The predicted molar refractivity (Wildman–Crippen MR) is 113 cm³/mol. The van der Waals surface area contributed by atoms with E-state index in [4.69, 9.17) is 5.73 Å². The molecule has 1 aliphatic heterocycles. The molecule has 8 nitrogen and oxygen atoms in total. The standard InChI is InChI=1S/C21H34N6O2/c22-19(29)18-13-23-21(26-20(18)24-15-4-3-5-17(28)12-15)25-14-6-8-16(9-7-14)27-10-1-2-11-27/h13-17,28H,1-12H2,(H2,22,29)(H2,23,24,25,26)/t14-,15-,16-,17+/m1/s1. The molecule has 29 heavy (non-hydrogen) atoms. The Morgan fingerprint density at radius 1 is 1.03 bits per heavy atom. The van der Waals surface area contributed by atoms with E-state index in [0.717, 1.165) is 38.1 Å². The van der Waals surface area contributed by atoms with Gasteiger partial charge in [-0.25, -0.2) is 4.98 Å². The molecule has 160 valence electrons. The van der Waals surface area contributed by atoms with Crippen molar-refractivity contribution in [2.24, 2.45) is 5.73 Å². The van der Waals surface area contributed by atoms with Gasteiger partial charge in [0.1, 0.15) is 5.82 Å². The lowest BCUT2D eigenvalue weighted by atomic mass is 9.90. The van der Waals surface area contributed by atoms with Crippen LogP contribution in [0.1, 0.15) is 74.6 Å². The summed E-state index contributed by atoms with van der Waals surface area (Å²) in [6.07, 6.45) is 11.9. The van der Waals surface area contributed by atoms with Gasteiger partial charge in [0.25, 0.3) is 5.91 Å². The van der Waals surface area contributed by atoms with E-state index in [1.165, 1.54) is 45.0 Å².